The van der Waals surface area contributed by atoms with Crippen molar-refractivity contribution in [3.8, 4) is 0 Å². The summed E-state index contributed by atoms with van der Waals surface area (Å²) in [5, 5.41) is 20.0. The van der Waals surface area contributed by atoms with Gasteiger partial charge in [0, 0.05) is 26.2 Å². The maximum absolute atomic E-state index is 10.8. The topological polar surface area (TPSA) is 170 Å². The summed E-state index contributed by atoms with van der Waals surface area (Å²) in [6.45, 7) is 2.64. The molecular weight excluding hydrogens is 474 g/mol. The molecule has 0 atom stereocenters. The molecule has 0 aliphatic rings. The summed E-state index contributed by atoms with van der Waals surface area (Å²) >= 11 is 0. The molecule has 0 saturated heterocycles. The van der Waals surface area contributed by atoms with Gasteiger partial charge in [0.1, 0.15) is 13.2 Å². The third-order valence-electron chi connectivity index (χ3n) is 2.91. The predicted octanol–water partition coefficient (Wildman–Crippen LogP) is -2.56. The van der Waals surface area contributed by atoms with Crippen LogP contribution in [0.2, 0.25) is 0 Å². The molecule has 0 radical (unpaired) electrons. The van der Waals surface area contributed by atoms with Gasteiger partial charge in [-0.3, -0.25) is 9.59 Å². The molecule has 176 valence electrons. The maximum Gasteiger partial charge on any atom is 2.00 e. The van der Waals surface area contributed by atoms with E-state index in [1.807, 2.05) is 0 Å². The van der Waals surface area contributed by atoms with Gasteiger partial charge in [0.2, 0.25) is 0 Å². The molecule has 0 aliphatic heterocycles. The Balaban J connectivity index is -0.000000490. The number of ether oxygens (including phenoxy) is 6. The molecule has 0 fully saturated rings. The quantitative estimate of drug-likeness (QED) is 0.109. The zero-order valence-corrected chi connectivity index (χ0v) is 21.1. The fourth-order valence-corrected chi connectivity index (χ4v) is 1.47. The first-order valence-corrected chi connectivity index (χ1v) is 9.17. The molecule has 0 aromatic carbocycles. The first-order valence-electron chi connectivity index (χ1n) is 9.17. The molecule has 0 aliphatic carbocycles. The molecule has 0 spiro atoms. The Kier molecular flexibility index (Phi) is 28.9. The SMILES string of the molecule is COCCOCCOC(=O)CCC(=O)[O-].COCCOCCOC(=O)CCC(=O)[O-].[Zn+2]. The molecule has 0 amide bonds. The summed E-state index contributed by atoms with van der Waals surface area (Å²) in [5.74, 6) is -3.64. The number of methoxy groups -OCH3 is 2. The normalized spacial score (nSPS) is 9.61. The fourth-order valence-electron chi connectivity index (χ4n) is 1.47. The second-order valence-corrected chi connectivity index (χ2v) is 5.40. The van der Waals surface area contributed by atoms with E-state index in [9.17, 15) is 29.4 Å². The van der Waals surface area contributed by atoms with Crippen molar-refractivity contribution in [2.45, 2.75) is 25.7 Å². The van der Waals surface area contributed by atoms with Crippen LogP contribution in [0.4, 0.5) is 0 Å². The minimum atomic E-state index is -1.26. The van der Waals surface area contributed by atoms with E-state index in [1.54, 1.807) is 14.2 Å². The molecule has 0 bridgehead atoms. The molecule has 0 rings (SSSR count). The van der Waals surface area contributed by atoms with Crippen molar-refractivity contribution >= 4 is 23.9 Å². The molecule has 0 saturated carbocycles. The Morgan fingerprint density at radius 1 is 0.548 bits per heavy atom. The number of carboxylic acids is 2. The van der Waals surface area contributed by atoms with E-state index in [4.69, 9.17) is 18.9 Å². The zero-order chi connectivity index (χ0) is 23.0. The maximum atomic E-state index is 10.8. The first kappa shape index (κ1) is 34.0. The molecule has 0 aromatic rings. The van der Waals surface area contributed by atoms with Gasteiger partial charge in [-0.15, -0.1) is 0 Å². The van der Waals surface area contributed by atoms with Crippen molar-refractivity contribution in [3.63, 3.8) is 0 Å². The Morgan fingerprint density at radius 2 is 0.871 bits per heavy atom. The van der Waals surface area contributed by atoms with Gasteiger partial charge in [-0.2, -0.15) is 0 Å². The van der Waals surface area contributed by atoms with Gasteiger partial charge in [0.25, 0.3) is 0 Å². The Labute approximate surface area is 194 Å². The molecule has 0 unspecified atom stereocenters. The van der Waals surface area contributed by atoms with Crippen LogP contribution in [0, 0.1) is 0 Å². The summed E-state index contributed by atoms with van der Waals surface area (Å²) in [6.07, 6.45) is -0.965. The van der Waals surface area contributed by atoms with Crippen LogP contribution in [-0.2, 0) is 67.1 Å². The molecule has 31 heavy (non-hydrogen) atoms. The van der Waals surface area contributed by atoms with E-state index in [0.717, 1.165) is 0 Å². The standard InChI is InChI=1S/2C9H16O6.Zn/c2*1-13-4-5-14-6-7-15-9(12)3-2-8(10)11;/h2*2-7H2,1H3,(H,10,11);/q;;+2/p-2. The van der Waals surface area contributed by atoms with Gasteiger partial charge in [-0.05, 0) is 12.8 Å². The summed E-state index contributed by atoms with van der Waals surface area (Å²) in [7, 11) is 3.12. The number of esters is 2. The van der Waals surface area contributed by atoms with Gasteiger partial charge >= 0.3 is 31.4 Å². The van der Waals surface area contributed by atoms with E-state index in [-0.39, 0.29) is 71.6 Å². The van der Waals surface area contributed by atoms with Crippen LogP contribution < -0.4 is 10.2 Å². The largest absolute Gasteiger partial charge is 2.00 e. The van der Waals surface area contributed by atoms with Gasteiger partial charge in [0.05, 0.1) is 52.5 Å². The van der Waals surface area contributed by atoms with Crippen molar-refractivity contribution in [1.29, 1.82) is 0 Å². The number of carbonyl (C=O) groups is 4. The summed E-state index contributed by atoms with van der Waals surface area (Å²) in [5.41, 5.74) is 0. The number of rotatable bonds is 18. The van der Waals surface area contributed by atoms with Crippen LogP contribution in [-0.4, -0.2) is 91.0 Å². The summed E-state index contributed by atoms with van der Waals surface area (Å²) in [6, 6.07) is 0. The average molecular weight is 504 g/mol. The molecule has 0 N–H and O–H groups in total. The second-order valence-electron chi connectivity index (χ2n) is 5.40. The Bertz CT molecular complexity index is 430. The minimum Gasteiger partial charge on any atom is -0.550 e. The van der Waals surface area contributed by atoms with Crippen molar-refractivity contribution in [1.82, 2.24) is 0 Å². The van der Waals surface area contributed by atoms with Crippen molar-refractivity contribution in [2.24, 2.45) is 0 Å². The van der Waals surface area contributed by atoms with Crippen molar-refractivity contribution in [2.75, 3.05) is 67.1 Å². The van der Waals surface area contributed by atoms with E-state index in [0.29, 0.717) is 26.4 Å². The van der Waals surface area contributed by atoms with Crippen molar-refractivity contribution < 1.29 is 77.3 Å². The van der Waals surface area contributed by atoms with Crippen LogP contribution >= 0.6 is 0 Å². The zero-order valence-electron chi connectivity index (χ0n) is 18.1. The monoisotopic (exact) mass is 502 g/mol. The molecule has 12 nitrogen and oxygen atoms in total. The first-order chi connectivity index (χ1) is 14.3. The van der Waals surface area contributed by atoms with Crippen LogP contribution in [0.25, 0.3) is 0 Å². The smallest absolute Gasteiger partial charge is 0.550 e. The van der Waals surface area contributed by atoms with Crippen LogP contribution in [0.15, 0.2) is 0 Å². The van der Waals surface area contributed by atoms with Gasteiger partial charge < -0.3 is 48.2 Å². The van der Waals surface area contributed by atoms with E-state index < -0.39 is 23.9 Å². The van der Waals surface area contributed by atoms with Crippen LogP contribution in [0.1, 0.15) is 25.7 Å². The number of aliphatic carboxylic acids is 2. The predicted molar refractivity (Wildman–Crippen MR) is 95.8 cm³/mol. The third-order valence-corrected chi connectivity index (χ3v) is 2.91. The third kappa shape index (κ3) is 33.2. The van der Waals surface area contributed by atoms with Gasteiger partial charge in [0.15, 0.2) is 0 Å². The molecular formula is C18H30O12Zn. The molecule has 0 aromatic heterocycles. The van der Waals surface area contributed by atoms with E-state index >= 15 is 0 Å². The summed E-state index contributed by atoms with van der Waals surface area (Å²) in [4.78, 5) is 41.7. The second kappa shape index (κ2) is 26.4. The number of hydrogen-bond acceptors (Lipinski definition) is 12. The minimum absolute atomic E-state index is 0. The number of carbonyl (C=O) groups excluding carboxylic acids is 4. The average Bonchev–Trinajstić information content (AvgIpc) is 2.70. The van der Waals surface area contributed by atoms with Crippen LogP contribution in [0.3, 0.4) is 0 Å². The number of hydrogen-bond donors (Lipinski definition) is 0. The van der Waals surface area contributed by atoms with Gasteiger partial charge in [-0.25, -0.2) is 0 Å². The Hall–Kier alpha value is -1.66. The summed E-state index contributed by atoms with van der Waals surface area (Å²) < 4.78 is 28.9. The Morgan fingerprint density at radius 3 is 1.16 bits per heavy atom. The van der Waals surface area contributed by atoms with Crippen molar-refractivity contribution in [3.05, 3.63) is 0 Å². The molecule has 13 heteroatoms. The van der Waals surface area contributed by atoms with Crippen LogP contribution in [0.5, 0.6) is 0 Å². The molecule has 0 heterocycles. The van der Waals surface area contributed by atoms with E-state index in [1.165, 1.54) is 0 Å². The fraction of sp³-hybridized carbons (Fsp3) is 0.778. The number of carboxylic acid groups (broad SMARTS) is 2. The van der Waals surface area contributed by atoms with E-state index in [2.05, 4.69) is 9.47 Å². The van der Waals surface area contributed by atoms with Gasteiger partial charge in [-0.1, -0.05) is 0 Å².